The van der Waals surface area contributed by atoms with E-state index in [-0.39, 0.29) is 0 Å². The van der Waals surface area contributed by atoms with E-state index in [4.69, 9.17) is 11.6 Å². The van der Waals surface area contributed by atoms with Crippen LogP contribution in [0.1, 0.15) is 55.2 Å². The molecule has 92 valence electrons. The second kappa shape index (κ2) is 8.12. The Morgan fingerprint density at radius 3 is 2.56 bits per heavy atom. The lowest BCUT2D eigenvalue weighted by atomic mass is 10.1. The van der Waals surface area contributed by atoms with Gasteiger partial charge in [0, 0.05) is 14.2 Å². The van der Waals surface area contributed by atoms with Gasteiger partial charge in [0.05, 0.1) is 0 Å². The molecule has 0 fully saturated rings. The molecule has 0 nitrogen and oxygen atoms in total. The molecule has 1 rings (SSSR count). The van der Waals surface area contributed by atoms with Gasteiger partial charge in [0.2, 0.25) is 0 Å². The third-order valence-electron chi connectivity index (χ3n) is 2.53. The van der Waals surface area contributed by atoms with Crippen molar-refractivity contribution in [1.29, 1.82) is 0 Å². The Morgan fingerprint density at radius 2 is 2.00 bits per heavy atom. The standard InChI is InChI=1S/C12H17Br2ClS/c1-2-3-4-5-6-7-9(13)11-8-10(14)12(15)16-11/h8-9H,2-7H2,1H3. The van der Waals surface area contributed by atoms with Crippen LogP contribution in [0.2, 0.25) is 4.34 Å². The summed E-state index contributed by atoms with van der Waals surface area (Å²) in [5.74, 6) is 0. The van der Waals surface area contributed by atoms with Crippen molar-refractivity contribution in [2.75, 3.05) is 0 Å². The van der Waals surface area contributed by atoms with Crippen molar-refractivity contribution in [3.05, 3.63) is 19.8 Å². The molecule has 4 heteroatoms. The molecule has 0 spiro atoms. The zero-order chi connectivity index (χ0) is 12.0. The molecule has 0 aliphatic heterocycles. The van der Waals surface area contributed by atoms with Crippen molar-refractivity contribution in [3.63, 3.8) is 0 Å². The van der Waals surface area contributed by atoms with Gasteiger partial charge in [-0.05, 0) is 28.4 Å². The Balaban J connectivity index is 2.27. The van der Waals surface area contributed by atoms with Crippen LogP contribution in [0.3, 0.4) is 0 Å². The van der Waals surface area contributed by atoms with Crippen LogP contribution in [0, 0.1) is 0 Å². The predicted molar refractivity (Wildman–Crippen MR) is 82.1 cm³/mol. The number of unbranched alkanes of at least 4 members (excludes halogenated alkanes) is 4. The Hall–Kier alpha value is 0.950. The van der Waals surface area contributed by atoms with E-state index in [0.29, 0.717) is 4.83 Å². The summed E-state index contributed by atoms with van der Waals surface area (Å²) >= 11 is 14.9. The van der Waals surface area contributed by atoms with E-state index < -0.39 is 0 Å². The molecular weight excluding hydrogens is 371 g/mol. The van der Waals surface area contributed by atoms with E-state index >= 15 is 0 Å². The fraction of sp³-hybridized carbons (Fsp3) is 0.667. The summed E-state index contributed by atoms with van der Waals surface area (Å²) in [6.45, 7) is 2.25. The van der Waals surface area contributed by atoms with Gasteiger partial charge in [-0.2, -0.15) is 0 Å². The largest absolute Gasteiger partial charge is 0.126 e. The fourth-order valence-corrected chi connectivity index (χ4v) is 4.07. The normalized spacial score (nSPS) is 13.0. The number of rotatable bonds is 7. The summed E-state index contributed by atoms with van der Waals surface area (Å²) < 4.78 is 1.87. The molecule has 1 aromatic heterocycles. The molecule has 0 aliphatic rings. The summed E-state index contributed by atoms with van der Waals surface area (Å²) in [4.78, 5) is 1.79. The first-order valence-corrected chi connectivity index (χ1v) is 8.64. The molecule has 1 heterocycles. The Bertz CT molecular complexity index is 292. The molecule has 1 aromatic rings. The van der Waals surface area contributed by atoms with Gasteiger partial charge < -0.3 is 0 Å². The second-order valence-corrected chi connectivity index (χ2v) is 7.59. The number of alkyl halides is 1. The van der Waals surface area contributed by atoms with Gasteiger partial charge in [-0.1, -0.05) is 66.6 Å². The van der Waals surface area contributed by atoms with Crippen molar-refractivity contribution in [2.24, 2.45) is 0 Å². The van der Waals surface area contributed by atoms with Crippen LogP contribution < -0.4 is 0 Å². The van der Waals surface area contributed by atoms with Crippen molar-refractivity contribution in [3.8, 4) is 0 Å². The van der Waals surface area contributed by atoms with E-state index in [1.807, 2.05) is 0 Å². The smallest absolute Gasteiger partial charge is 0.107 e. The Kier molecular flexibility index (Phi) is 7.62. The minimum Gasteiger partial charge on any atom is -0.126 e. The summed E-state index contributed by atoms with van der Waals surface area (Å²) in [6.07, 6.45) is 7.88. The minimum atomic E-state index is 0.461. The molecular formula is C12H17Br2ClS. The molecule has 0 bridgehead atoms. The van der Waals surface area contributed by atoms with Gasteiger partial charge in [0.25, 0.3) is 0 Å². The van der Waals surface area contributed by atoms with Crippen LogP contribution in [0.4, 0.5) is 0 Å². The van der Waals surface area contributed by atoms with E-state index in [1.165, 1.54) is 43.4 Å². The highest BCUT2D eigenvalue weighted by molar-refractivity contribution is 9.10. The zero-order valence-electron chi connectivity index (χ0n) is 9.44. The van der Waals surface area contributed by atoms with Crippen LogP contribution in [0.25, 0.3) is 0 Å². The topological polar surface area (TPSA) is 0 Å². The quantitative estimate of drug-likeness (QED) is 0.350. The lowest BCUT2D eigenvalue weighted by Gasteiger charge is -2.06. The fourth-order valence-electron chi connectivity index (χ4n) is 1.59. The van der Waals surface area contributed by atoms with E-state index in [2.05, 4.69) is 44.8 Å². The maximum Gasteiger partial charge on any atom is 0.107 e. The molecule has 0 N–H and O–H groups in total. The van der Waals surface area contributed by atoms with Crippen molar-refractivity contribution >= 4 is 54.8 Å². The number of hydrogen-bond acceptors (Lipinski definition) is 1. The molecule has 0 saturated carbocycles. The molecule has 0 aliphatic carbocycles. The highest BCUT2D eigenvalue weighted by Gasteiger charge is 2.12. The molecule has 1 unspecified atom stereocenters. The molecule has 16 heavy (non-hydrogen) atoms. The van der Waals surface area contributed by atoms with Gasteiger partial charge in [-0.3, -0.25) is 0 Å². The van der Waals surface area contributed by atoms with Crippen LogP contribution in [-0.2, 0) is 0 Å². The summed E-state index contributed by atoms with van der Waals surface area (Å²) in [7, 11) is 0. The highest BCUT2D eigenvalue weighted by atomic mass is 79.9. The number of thiophene rings is 1. The maximum atomic E-state index is 6.03. The lowest BCUT2D eigenvalue weighted by Crippen LogP contribution is -1.86. The average molecular weight is 389 g/mol. The first-order chi connectivity index (χ1) is 7.65. The van der Waals surface area contributed by atoms with E-state index in [0.717, 1.165) is 8.81 Å². The van der Waals surface area contributed by atoms with Crippen molar-refractivity contribution in [2.45, 2.75) is 50.3 Å². The zero-order valence-corrected chi connectivity index (χ0v) is 14.2. The van der Waals surface area contributed by atoms with Crippen LogP contribution in [-0.4, -0.2) is 0 Å². The molecule has 0 saturated heterocycles. The van der Waals surface area contributed by atoms with Crippen LogP contribution >= 0.6 is 54.8 Å². The van der Waals surface area contributed by atoms with Gasteiger partial charge in [-0.25, -0.2) is 0 Å². The molecule has 0 amide bonds. The van der Waals surface area contributed by atoms with Crippen molar-refractivity contribution in [1.82, 2.24) is 0 Å². The molecule has 0 radical (unpaired) electrons. The second-order valence-electron chi connectivity index (χ2n) is 3.94. The lowest BCUT2D eigenvalue weighted by molar-refractivity contribution is 0.607. The molecule has 0 aromatic carbocycles. The monoisotopic (exact) mass is 386 g/mol. The predicted octanol–water partition coefficient (Wildman–Crippen LogP) is 6.96. The number of hydrogen-bond donors (Lipinski definition) is 0. The van der Waals surface area contributed by atoms with Gasteiger partial charge in [0.15, 0.2) is 0 Å². The van der Waals surface area contributed by atoms with Crippen LogP contribution in [0.5, 0.6) is 0 Å². The van der Waals surface area contributed by atoms with E-state index in [9.17, 15) is 0 Å². The minimum absolute atomic E-state index is 0.461. The average Bonchev–Trinajstić information content (AvgIpc) is 2.59. The third-order valence-corrected chi connectivity index (χ3v) is 6.38. The first-order valence-electron chi connectivity index (χ1n) is 5.74. The third kappa shape index (κ3) is 5.07. The maximum absolute atomic E-state index is 6.03. The highest BCUT2D eigenvalue weighted by Crippen LogP contribution is 2.40. The Labute approximate surface area is 124 Å². The van der Waals surface area contributed by atoms with Gasteiger partial charge in [-0.15, -0.1) is 11.3 Å². The SMILES string of the molecule is CCCCCCCC(Br)c1cc(Br)c(Cl)s1. The van der Waals surface area contributed by atoms with E-state index in [1.54, 1.807) is 11.3 Å². The summed E-state index contributed by atoms with van der Waals surface area (Å²) in [5.41, 5.74) is 0. The molecule has 1 atom stereocenters. The summed E-state index contributed by atoms with van der Waals surface area (Å²) in [5, 5.41) is 0. The van der Waals surface area contributed by atoms with Gasteiger partial charge in [0.1, 0.15) is 4.34 Å². The summed E-state index contributed by atoms with van der Waals surface area (Å²) in [6, 6.07) is 2.12. The van der Waals surface area contributed by atoms with Crippen molar-refractivity contribution < 1.29 is 0 Å². The first kappa shape index (κ1) is 15.0. The van der Waals surface area contributed by atoms with Crippen LogP contribution in [0.15, 0.2) is 10.5 Å². The number of halogens is 3. The Morgan fingerprint density at radius 1 is 1.31 bits per heavy atom. The van der Waals surface area contributed by atoms with Gasteiger partial charge >= 0.3 is 0 Å².